The molecular formula is C18H31N3O7. The van der Waals surface area contributed by atoms with E-state index in [0.717, 1.165) is 5.01 Å². The maximum atomic E-state index is 12.6. The number of carbonyl (C=O) groups is 3. The molecule has 1 heterocycles. The van der Waals surface area contributed by atoms with Crippen molar-refractivity contribution in [1.82, 2.24) is 15.3 Å². The zero-order valence-corrected chi connectivity index (χ0v) is 17.6. The molecule has 0 aromatic carbocycles. The minimum absolute atomic E-state index is 0.0277. The summed E-state index contributed by atoms with van der Waals surface area (Å²) >= 11 is 0. The number of nitrogens with zero attached hydrogens (tertiary/aromatic N) is 2. The van der Waals surface area contributed by atoms with E-state index in [0.29, 0.717) is 0 Å². The van der Waals surface area contributed by atoms with Gasteiger partial charge in [0.2, 0.25) is 0 Å². The van der Waals surface area contributed by atoms with Crippen LogP contribution in [-0.2, 0) is 18.9 Å². The molecule has 28 heavy (non-hydrogen) atoms. The second kappa shape index (κ2) is 9.63. The molecule has 10 heteroatoms. The second-order valence-corrected chi connectivity index (χ2v) is 7.72. The van der Waals surface area contributed by atoms with Gasteiger partial charge in [-0.2, -0.15) is 5.01 Å². The number of hydrogen-bond donors (Lipinski definition) is 1. The quantitative estimate of drug-likeness (QED) is 0.538. The molecule has 0 aliphatic carbocycles. The minimum Gasteiger partial charge on any atom is -0.447 e. The highest BCUT2D eigenvalue weighted by Gasteiger charge is 2.39. The van der Waals surface area contributed by atoms with Crippen LogP contribution in [0.15, 0.2) is 12.3 Å². The van der Waals surface area contributed by atoms with Crippen molar-refractivity contribution in [3.05, 3.63) is 12.3 Å². The lowest BCUT2D eigenvalue weighted by atomic mass is 10.2. The molecule has 0 spiro atoms. The SMILES string of the molecule is C=C(C(OC(C)(C)C)N1CCOC1=O)N(NC(=O)OC(C)C)C(=O)OC(C)C. The van der Waals surface area contributed by atoms with Gasteiger partial charge in [-0.05, 0) is 48.5 Å². The largest absolute Gasteiger partial charge is 0.447 e. The van der Waals surface area contributed by atoms with Gasteiger partial charge in [-0.3, -0.25) is 4.90 Å². The topological polar surface area (TPSA) is 107 Å². The fraction of sp³-hybridized carbons (Fsp3) is 0.722. The van der Waals surface area contributed by atoms with Gasteiger partial charge in [-0.1, -0.05) is 6.58 Å². The van der Waals surface area contributed by atoms with Crippen LogP contribution < -0.4 is 5.43 Å². The van der Waals surface area contributed by atoms with Crippen molar-refractivity contribution in [3.63, 3.8) is 0 Å². The van der Waals surface area contributed by atoms with E-state index in [2.05, 4.69) is 12.0 Å². The van der Waals surface area contributed by atoms with Crippen LogP contribution in [-0.4, -0.2) is 65.4 Å². The third-order valence-corrected chi connectivity index (χ3v) is 3.18. The number of nitrogens with one attached hydrogen (secondary N) is 1. The van der Waals surface area contributed by atoms with E-state index in [1.807, 2.05) is 0 Å². The predicted molar refractivity (Wildman–Crippen MR) is 100 cm³/mol. The molecule has 0 aromatic heterocycles. The summed E-state index contributed by atoms with van der Waals surface area (Å²) in [5, 5.41) is 0.784. The van der Waals surface area contributed by atoms with Crippen molar-refractivity contribution in [2.45, 2.75) is 72.5 Å². The maximum absolute atomic E-state index is 12.6. The molecule has 0 bridgehead atoms. The first-order valence-corrected chi connectivity index (χ1v) is 9.10. The van der Waals surface area contributed by atoms with E-state index in [4.69, 9.17) is 18.9 Å². The van der Waals surface area contributed by atoms with E-state index < -0.39 is 42.3 Å². The molecule has 10 nitrogen and oxygen atoms in total. The Kier molecular flexibility index (Phi) is 8.10. The van der Waals surface area contributed by atoms with E-state index in [-0.39, 0.29) is 18.8 Å². The van der Waals surface area contributed by atoms with E-state index >= 15 is 0 Å². The predicted octanol–water partition coefficient (Wildman–Crippen LogP) is 2.99. The number of amides is 3. The third kappa shape index (κ3) is 7.26. The van der Waals surface area contributed by atoms with E-state index in [9.17, 15) is 14.4 Å². The molecule has 1 atom stereocenters. The zero-order chi connectivity index (χ0) is 21.6. The van der Waals surface area contributed by atoms with Gasteiger partial charge in [0.1, 0.15) is 6.61 Å². The van der Waals surface area contributed by atoms with Gasteiger partial charge >= 0.3 is 18.3 Å². The maximum Gasteiger partial charge on any atom is 0.433 e. The van der Waals surface area contributed by atoms with Gasteiger partial charge < -0.3 is 18.9 Å². The normalized spacial score (nSPS) is 15.3. The number of hydrazine groups is 1. The van der Waals surface area contributed by atoms with Crippen LogP contribution in [0.5, 0.6) is 0 Å². The lowest BCUT2D eigenvalue weighted by Crippen LogP contribution is -2.54. The van der Waals surface area contributed by atoms with Crippen molar-refractivity contribution in [1.29, 1.82) is 0 Å². The fourth-order valence-corrected chi connectivity index (χ4v) is 2.20. The van der Waals surface area contributed by atoms with E-state index in [1.165, 1.54) is 4.90 Å². The van der Waals surface area contributed by atoms with E-state index in [1.54, 1.807) is 48.5 Å². The molecule has 0 radical (unpaired) electrons. The van der Waals surface area contributed by atoms with Gasteiger partial charge in [-0.25, -0.2) is 19.8 Å². The summed E-state index contributed by atoms with van der Waals surface area (Å²) in [6.07, 6.45) is -4.33. The van der Waals surface area contributed by atoms with Crippen molar-refractivity contribution < 1.29 is 33.3 Å². The third-order valence-electron chi connectivity index (χ3n) is 3.18. The summed E-state index contributed by atoms with van der Waals surface area (Å²) in [4.78, 5) is 38.0. The molecule has 0 aromatic rings. The summed E-state index contributed by atoms with van der Waals surface area (Å²) in [5.41, 5.74) is 1.58. The smallest absolute Gasteiger partial charge is 0.433 e. The molecule has 3 amide bonds. The van der Waals surface area contributed by atoms with Crippen LogP contribution in [0.4, 0.5) is 14.4 Å². The molecule has 1 rings (SSSR count). The molecule has 1 aliphatic heterocycles. The average Bonchev–Trinajstić information content (AvgIpc) is 2.93. The second-order valence-electron chi connectivity index (χ2n) is 7.72. The lowest BCUT2D eigenvalue weighted by Gasteiger charge is -2.36. The number of carbonyl (C=O) groups excluding carboxylic acids is 3. The molecule has 160 valence electrons. The van der Waals surface area contributed by atoms with Crippen molar-refractivity contribution in [3.8, 4) is 0 Å². The molecule has 1 fully saturated rings. The Morgan fingerprint density at radius 3 is 2.18 bits per heavy atom. The van der Waals surface area contributed by atoms with Crippen LogP contribution in [0.2, 0.25) is 0 Å². The standard InChI is InChI=1S/C18H31N3O7/c1-11(2)26-15(22)19-21(17(24)27-12(3)4)13(5)14(28-18(6,7)8)20-9-10-25-16(20)23/h11-12,14H,5,9-10H2,1-4,6-8H3,(H,19,22). The molecule has 1 aliphatic rings. The lowest BCUT2D eigenvalue weighted by molar-refractivity contribution is -0.106. The first kappa shape index (κ1) is 23.5. The summed E-state index contributed by atoms with van der Waals surface area (Å²) in [6.45, 7) is 16.3. The van der Waals surface area contributed by atoms with Crippen LogP contribution in [0, 0.1) is 0 Å². The Labute approximate surface area is 165 Å². The highest BCUT2D eigenvalue weighted by atomic mass is 16.6. The Balaban J connectivity index is 3.16. The zero-order valence-electron chi connectivity index (χ0n) is 17.6. The highest BCUT2D eigenvalue weighted by molar-refractivity contribution is 5.76. The van der Waals surface area contributed by atoms with Crippen LogP contribution in [0.25, 0.3) is 0 Å². The van der Waals surface area contributed by atoms with Crippen LogP contribution in [0.1, 0.15) is 48.5 Å². The monoisotopic (exact) mass is 401 g/mol. The number of cyclic esters (lactones) is 1. The van der Waals surface area contributed by atoms with Crippen molar-refractivity contribution in [2.24, 2.45) is 0 Å². The molecular weight excluding hydrogens is 370 g/mol. The average molecular weight is 401 g/mol. The van der Waals surface area contributed by atoms with Crippen molar-refractivity contribution >= 4 is 18.3 Å². The van der Waals surface area contributed by atoms with Crippen LogP contribution >= 0.6 is 0 Å². The van der Waals surface area contributed by atoms with Gasteiger partial charge in [0.25, 0.3) is 0 Å². The molecule has 1 saturated heterocycles. The summed E-state index contributed by atoms with van der Waals surface area (Å²) in [6, 6.07) is 0. The Morgan fingerprint density at radius 1 is 1.18 bits per heavy atom. The Morgan fingerprint density at radius 2 is 1.75 bits per heavy atom. The Bertz CT molecular complexity index is 598. The summed E-state index contributed by atoms with van der Waals surface area (Å²) in [5.74, 6) is 0. The molecule has 0 saturated carbocycles. The first-order valence-electron chi connectivity index (χ1n) is 9.10. The fourth-order valence-electron chi connectivity index (χ4n) is 2.20. The highest BCUT2D eigenvalue weighted by Crippen LogP contribution is 2.24. The Hall–Kier alpha value is -2.49. The number of ether oxygens (including phenoxy) is 4. The van der Waals surface area contributed by atoms with Gasteiger partial charge in [0, 0.05) is 0 Å². The summed E-state index contributed by atoms with van der Waals surface area (Å²) < 4.78 is 21.1. The molecule has 1 N–H and O–H groups in total. The van der Waals surface area contributed by atoms with Gasteiger partial charge in [0.05, 0.1) is 30.1 Å². The number of hydrogen-bond acceptors (Lipinski definition) is 7. The van der Waals surface area contributed by atoms with Crippen LogP contribution in [0.3, 0.4) is 0 Å². The van der Waals surface area contributed by atoms with Gasteiger partial charge in [0.15, 0.2) is 6.23 Å². The van der Waals surface area contributed by atoms with Crippen molar-refractivity contribution in [2.75, 3.05) is 13.2 Å². The summed E-state index contributed by atoms with van der Waals surface area (Å²) in [7, 11) is 0. The minimum atomic E-state index is -1.07. The molecule has 1 unspecified atom stereocenters. The number of rotatable bonds is 6. The van der Waals surface area contributed by atoms with Gasteiger partial charge in [-0.15, -0.1) is 0 Å². The first-order chi connectivity index (χ1) is 12.8.